The summed E-state index contributed by atoms with van der Waals surface area (Å²) in [6.45, 7) is 2.86. The molecule has 1 fully saturated rings. The van der Waals surface area contributed by atoms with Crippen molar-refractivity contribution in [1.29, 1.82) is 0 Å². The van der Waals surface area contributed by atoms with Crippen LogP contribution in [0.2, 0.25) is 0 Å². The highest BCUT2D eigenvalue weighted by atomic mass is 16.3. The van der Waals surface area contributed by atoms with Crippen LogP contribution in [-0.4, -0.2) is 35.2 Å². The molecule has 27 heavy (non-hydrogen) atoms. The average molecular weight is 357 g/mol. The second kappa shape index (κ2) is 8.08. The van der Waals surface area contributed by atoms with Gasteiger partial charge >= 0.3 is 0 Å². The Morgan fingerprint density at radius 2 is 1.30 bits per heavy atom. The largest absolute Gasteiger partial charge is 0.380 e. The van der Waals surface area contributed by atoms with E-state index in [0.29, 0.717) is 6.54 Å². The van der Waals surface area contributed by atoms with Crippen LogP contribution in [0.3, 0.4) is 0 Å². The van der Waals surface area contributed by atoms with Gasteiger partial charge in [0.25, 0.3) is 0 Å². The molecule has 2 aliphatic rings. The Labute approximate surface area is 162 Å². The van der Waals surface area contributed by atoms with E-state index in [0.717, 1.165) is 18.7 Å². The van der Waals surface area contributed by atoms with E-state index < -0.39 is 5.60 Å². The molecule has 2 aromatic rings. The molecule has 1 N–H and O–H groups in total. The van der Waals surface area contributed by atoms with E-state index in [1.54, 1.807) is 0 Å². The zero-order valence-electron chi connectivity index (χ0n) is 15.7. The Morgan fingerprint density at radius 1 is 0.778 bits per heavy atom. The third-order valence-corrected chi connectivity index (χ3v) is 5.44. The standard InChI is InChI=1S/C25H27NO/c27-25(20-26-18-8-3-9-19-26)16-14-23(15-17-25)24(21-10-4-1-5-11-21)22-12-6-2-7-13-22/h1-2,4-7,10-17,27H,3,8-9,18-20H2. The van der Waals surface area contributed by atoms with Crippen LogP contribution < -0.4 is 0 Å². The molecule has 1 heterocycles. The molecule has 0 amide bonds. The first kappa shape index (κ1) is 18.0. The molecular formula is C25H27NO. The fourth-order valence-corrected chi connectivity index (χ4v) is 4.04. The van der Waals surface area contributed by atoms with Gasteiger partial charge in [0, 0.05) is 6.54 Å². The summed E-state index contributed by atoms with van der Waals surface area (Å²) in [5.74, 6) is 0. The molecule has 0 atom stereocenters. The Kier molecular flexibility index (Phi) is 5.38. The second-order valence-corrected chi connectivity index (χ2v) is 7.56. The lowest BCUT2D eigenvalue weighted by Crippen LogP contribution is -2.43. The summed E-state index contributed by atoms with van der Waals surface area (Å²) in [6, 6.07) is 20.9. The molecule has 0 aromatic heterocycles. The maximum Gasteiger partial charge on any atom is 0.114 e. The molecule has 0 radical (unpaired) electrons. The van der Waals surface area contributed by atoms with E-state index >= 15 is 0 Å². The van der Waals surface area contributed by atoms with Gasteiger partial charge in [-0.15, -0.1) is 0 Å². The van der Waals surface area contributed by atoms with Crippen LogP contribution in [0.1, 0.15) is 30.4 Å². The maximum absolute atomic E-state index is 11.0. The van der Waals surface area contributed by atoms with Crippen LogP contribution in [0.5, 0.6) is 0 Å². The number of piperidine rings is 1. The lowest BCUT2D eigenvalue weighted by molar-refractivity contribution is 0.0761. The Bertz CT molecular complexity index is 785. The molecule has 2 heteroatoms. The van der Waals surface area contributed by atoms with Gasteiger partial charge in [0.15, 0.2) is 0 Å². The number of likely N-dealkylation sites (tertiary alicyclic amines) is 1. The molecule has 0 bridgehead atoms. The number of nitrogens with zero attached hydrogens (tertiary/aromatic N) is 1. The van der Waals surface area contributed by atoms with Crippen molar-refractivity contribution < 1.29 is 5.11 Å². The molecule has 0 spiro atoms. The molecule has 2 aromatic carbocycles. The van der Waals surface area contributed by atoms with Gasteiger partial charge in [-0.1, -0.05) is 79.2 Å². The van der Waals surface area contributed by atoms with Gasteiger partial charge in [0.1, 0.15) is 5.60 Å². The zero-order chi connectivity index (χ0) is 18.5. The van der Waals surface area contributed by atoms with Crippen molar-refractivity contribution in [1.82, 2.24) is 4.90 Å². The maximum atomic E-state index is 11.0. The Hall–Kier alpha value is -2.42. The minimum Gasteiger partial charge on any atom is -0.380 e. The molecule has 4 rings (SSSR count). The summed E-state index contributed by atoms with van der Waals surface area (Å²) < 4.78 is 0. The lowest BCUT2D eigenvalue weighted by atomic mass is 9.87. The first-order valence-electron chi connectivity index (χ1n) is 9.92. The number of aliphatic hydroxyl groups is 1. The van der Waals surface area contributed by atoms with Gasteiger partial charge in [-0.2, -0.15) is 0 Å². The molecule has 1 saturated heterocycles. The molecule has 0 saturated carbocycles. The minimum atomic E-state index is -0.876. The van der Waals surface area contributed by atoms with Gasteiger partial charge in [0.2, 0.25) is 0 Å². The van der Waals surface area contributed by atoms with Crippen LogP contribution >= 0.6 is 0 Å². The van der Waals surface area contributed by atoms with Crippen LogP contribution in [-0.2, 0) is 0 Å². The monoisotopic (exact) mass is 357 g/mol. The predicted molar refractivity (Wildman–Crippen MR) is 112 cm³/mol. The number of hydrogen-bond acceptors (Lipinski definition) is 2. The van der Waals surface area contributed by atoms with E-state index in [-0.39, 0.29) is 0 Å². The third-order valence-electron chi connectivity index (χ3n) is 5.44. The SMILES string of the molecule is OC1(CN2CCCCC2)C=CC(=C(c2ccccc2)c2ccccc2)C=C1. The smallest absolute Gasteiger partial charge is 0.114 e. The second-order valence-electron chi connectivity index (χ2n) is 7.56. The van der Waals surface area contributed by atoms with Crippen molar-refractivity contribution in [3.8, 4) is 0 Å². The first-order valence-corrected chi connectivity index (χ1v) is 9.92. The van der Waals surface area contributed by atoms with Crippen LogP contribution in [0, 0.1) is 0 Å². The normalized spacial score (nSPS) is 22.8. The summed E-state index contributed by atoms with van der Waals surface area (Å²) in [7, 11) is 0. The summed E-state index contributed by atoms with van der Waals surface area (Å²) in [6.07, 6.45) is 11.9. The number of β-amino-alcohol motifs (C(OH)–C–C–N with tert-alkyl or cyclic N) is 1. The highest BCUT2D eigenvalue weighted by Gasteiger charge is 2.27. The first-order chi connectivity index (χ1) is 13.2. The van der Waals surface area contributed by atoms with Crippen molar-refractivity contribution in [2.75, 3.05) is 19.6 Å². The van der Waals surface area contributed by atoms with Crippen molar-refractivity contribution in [2.24, 2.45) is 0 Å². The highest BCUT2D eigenvalue weighted by molar-refractivity contribution is 5.85. The topological polar surface area (TPSA) is 23.5 Å². The Balaban J connectivity index is 1.65. The molecule has 2 nitrogen and oxygen atoms in total. The van der Waals surface area contributed by atoms with Crippen molar-refractivity contribution >= 4 is 5.57 Å². The van der Waals surface area contributed by atoms with Crippen molar-refractivity contribution in [2.45, 2.75) is 24.9 Å². The van der Waals surface area contributed by atoms with Crippen LogP contribution in [0.25, 0.3) is 5.57 Å². The number of rotatable bonds is 4. The number of hydrogen-bond donors (Lipinski definition) is 1. The fourth-order valence-electron chi connectivity index (χ4n) is 4.04. The minimum absolute atomic E-state index is 0.680. The quantitative estimate of drug-likeness (QED) is 0.847. The summed E-state index contributed by atoms with van der Waals surface area (Å²) >= 11 is 0. The van der Waals surface area contributed by atoms with E-state index in [9.17, 15) is 5.11 Å². The van der Waals surface area contributed by atoms with Crippen molar-refractivity contribution in [3.63, 3.8) is 0 Å². The predicted octanol–water partition coefficient (Wildman–Crippen LogP) is 4.83. The molecular weight excluding hydrogens is 330 g/mol. The molecule has 138 valence electrons. The molecule has 0 unspecified atom stereocenters. The van der Waals surface area contributed by atoms with E-state index in [2.05, 4.69) is 65.6 Å². The van der Waals surface area contributed by atoms with Gasteiger partial charge in [-0.05, 0) is 60.4 Å². The Morgan fingerprint density at radius 3 is 1.81 bits per heavy atom. The van der Waals surface area contributed by atoms with E-state index in [1.165, 1.54) is 36.0 Å². The lowest BCUT2D eigenvalue weighted by Gasteiger charge is -2.34. The van der Waals surface area contributed by atoms with Crippen LogP contribution in [0.15, 0.2) is 90.5 Å². The summed E-state index contributed by atoms with van der Waals surface area (Å²) in [5, 5.41) is 11.0. The van der Waals surface area contributed by atoms with Crippen LogP contribution in [0.4, 0.5) is 0 Å². The van der Waals surface area contributed by atoms with E-state index in [1.807, 2.05) is 24.3 Å². The zero-order valence-corrected chi connectivity index (χ0v) is 15.7. The fraction of sp³-hybridized carbons (Fsp3) is 0.280. The van der Waals surface area contributed by atoms with Gasteiger partial charge in [-0.3, -0.25) is 4.90 Å². The van der Waals surface area contributed by atoms with Gasteiger partial charge in [-0.25, -0.2) is 0 Å². The van der Waals surface area contributed by atoms with Gasteiger partial charge < -0.3 is 5.11 Å². The van der Waals surface area contributed by atoms with E-state index in [4.69, 9.17) is 0 Å². The number of allylic oxidation sites excluding steroid dienone is 3. The molecule has 1 aliphatic heterocycles. The average Bonchev–Trinajstić information content (AvgIpc) is 2.72. The van der Waals surface area contributed by atoms with Gasteiger partial charge in [0.05, 0.1) is 0 Å². The summed E-state index contributed by atoms with van der Waals surface area (Å²) in [5.41, 5.74) is 3.84. The number of benzene rings is 2. The summed E-state index contributed by atoms with van der Waals surface area (Å²) in [4.78, 5) is 2.38. The third kappa shape index (κ3) is 4.29. The highest BCUT2D eigenvalue weighted by Crippen LogP contribution is 2.31. The van der Waals surface area contributed by atoms with Crippen molar-refractivity contribution in [3.05, 3.63) is 102 Å². The molecule has 1 aliphatic carbocycles.